The summed E-state index contributed by atoms with van der Waals surface area (Å²) in [7, 11) is 0. The Labute approximate surface area is 132 Å². The first-order chi connectivity index (χ1) is 10.4. The van der Waals surface area contributed by atoms with E-state index in [0.29, 0.717) is 6.10 Å². The second-order valence-corrected chi connectivity index (χ2v) is 6.16. The van der Waals surface area contributed by atoms with Crippen molar-refractivity contribution in [2.24, 2.45) is 4.99 Å². The summed E-state index contributed by atoms with van der Waals surface area (Å²) in [5.74, 6) is 0.893. The second-order valence-electron chi connectivity index (χ2n) is 5.38. The molecule has 0 radical (unpaired) electrons. The SMILES string of the molecule is CCNC(=NCc1ccsc1)NCCCOC1CCCC1. The molecule has 0 spiro atoms. The van der Waals surface area contributed by atoms with Crippen molar-refractivity contribution in [3.8, 4) is 0 Å². The maximum atomic E-state index is 5.86. The van der Waals surface area contributed by atoms with Gasteiger partial charge in [-0.25, -0.2) is 4.99 Å². The molecule has 1 aliphatic carbocycles. The fourth-order valence-electron chi connectivity index (χ4n) is 2.48. The number of nitrogens with one attached hydrogen (secondary N) is 2. The summed E-state index contributed by atoms with van der Waals surface area (Å²) in [5.41, 5.74) is 1.27. The molecule has 0 saturated heterocycles. The van der Waals surface area contributed by atoms with Crippen LogP contribution in [-0.2, 0) is 11.3 Å². The lowest BCUT2D eigenvalue weighted by Crippen LogP contribution is -2.38. The largest absolute Gasteiger partial charge is 0.378 e. The van der Waals surface area contributed by atoms with Crippen molar-refractivity contribution in [1.29, 1.82) is 0 Å². The predicted molar refractivity (Wildman–Crippen MR) is 90.0 cm³/mol. The minimum absolute atomic E-state index is 0.519. The van der Waals surface area contributed by atoms with Gasteiger partial charge in [-0.1, -0.05) is 12.8 Å². The van der Waals surface area contributed by atoms with E-state index in [0.717, 1.165) is 38.6 Å². The van der Waals surface area contributed by atoms with Crippen LogP contribution in [0.5, 0.6) is 0 Å². The number of nitrogens with zero attached hydrogens (tertiary/aromatic N) is 1. The molecule has 2 N–H and O–H groups in total. The summed E-state index contributed by atoms with van der Waals surface area (Å²) < 4.78 is 5.86. The lowest BCUT2D eigenvalue weighted by Gasteiger charge is -2.13. The first-order valence-corrected chi connectivity index (χ1v) is 8.97. The maximum Gasteiger partial charge on any atom is 0.191 e. The van der Waals surface area contributed by atoms with Crippen LogP contribution in [0, 0.1) is 0 Å². The van der Waals surface area contributed by atoms with Crippen LogP contribution in [-0.4, -0.2) is 31.8 Å². The Bertz CT molecular complexity index is 400. The van der Waals surface area contributed by atoms with Crippen LogP contribution >= 0.6 is 11.3 Å². The van der Waals surface area contributed by atoms with Gasteiger partial charge in [0, 0.05) is 19.7 Å². The van der Waals surface area contributed by atoms with Gasteiger partial charge in [-0.2, -0.15) is 11.3 Å². The Morgan fingerprint density at radius 1 is 1.38 bits per heavy atom. The number of rotatable bonds is 8. The van der Waals surface area contributed by atoms with Crippen molar-refractivity contribution in [3.63, 3.8) is 0 Å². The summed E-state index contributed by atoms with van der Waals surface area (Å²) in [6, 6.07) is 2.12. The van der Waals surface area contributed by atoms with E-state index in [-0.39, 0.29) is 0 Å². The molecule has 1 aliphatic rings. The Hall–Kier alpha value is -1.07. The van der Waals surface area contributed by atoms with E-state index < -0.39 is 0 Å². The van der Waals surface area contributed by atoms with Crippen molar-refractivity contribution >= 4 is 17.3 Å². The van der Waals surface area contributed by atoms with E-state index in [1.54, 1.807) is 11.3 Å². The van der Waals surface area contributed by atoms with Gasteiger partial charge in [0.25, 0.3) is 0 Å². The van der Waals surface area contributed by atoms with Crippen LogP contribution in [0.2, 0.25) is 0 Å². The summed E-state index contributed by atoms with van der Waals surface area (Å²) >= 11 is 1.71. The molecule has 1 fully saturated rings. The Morgan fingerprint density at radius 3 is 2.95 bits per heavy atom. The predicted octanol–water partition coefficient (Wildman–Crippen LogP) is 3.15. The molecule has 0 unspecified atom stereocenters. The zero-order valence-electron chi connectivity index (χ0n) is 12.9. The third-order valence-electron chi connectivity index (χ3n) is 3.61. The molecule has 1 aromatic heterocycles. The van der Waals surface area contributed by atoms with Crippen molar-refractivity contribution in [2.75, 3.05) is 19.7 Å². The van der Waals surface area contributed by atoms with E-state index in [2.05, 4.69) is 39.4 Å². The molecule has 21 heavy (non-hydrogen) atoms. The number of ether oxygens (including phenoxy) is 1. The second kappa shape index (κ2) is 9.79. The topological polar surface area (TPSA) is 45.7 Å². The fourth-order valence-corrected chi connectivity index (χ4v) is 3.14. The highest BCUT2D eigenvalue weighted by atomic mass is 32.1. The first-order valence-electron chi connectivity index (χ1n) is 8.03. The van der Waals surface area contributed by atoms with Crippen LogP contribution in [0.3, 0.4) is 0 Å². The van der Waals surface area contributed by atoms with Gasteiger partial charge in [-0.3, -0.25) is 0 Å². The van der Waals surface area contributed by atoms with Crippen molar-refractivity contribution in [2.45, 2.75) is 51.7 Å². The van der Waals surface area contributed by atoms with E-state index in [1.807, 2.05) is 0 Å². The first kappa shape index (κ1) is 16.3. The molecule has 1 heterocycles. The van der Waals surface area contributed by atoms with E-state index in [1.165, 1.54) is 31.2 Å². The molecule has 0 aliphatic heterocycles. The van der Waals surface area contributed by atoms with Gasteiger partial charge < -0.3 is 15.4 Å². The normalized spacial score (nSPS) is 16.3. The van der Waals surface area contributed by atoms with Crippen molar-refractivity contribution in [1.82, 2.24) is 10.6 Å². The molecule has 1 aromatic rings. The summed E-state index contributed by atoms with van der Waals surface area (Å²) in [6.07, 6.45) is 6.71. The minimum Gasteiger partial charge on any atom is -0.378 e. The summed E-state index contributed by atoms with van der Waals surface area (Å²) in [6.45, 7) is 5.46. The standard InChI is InChI=1S/C16H27N3OS/c1-2-17-16(19-12-14-8-11-21-13-14)18-9-5-10-20-15-6-3-4-7-15/h8,11,13,15H,2-7,9-10,12H2,1H3,(H2,17,18,19). The van der Waals surface area contributed by atoms with Gasteiger partial charge in [0.2, 0.25) is 0 Å². The van der Waals surface area contributed by atoms with Crippen LogP contribution < -0.4 is 10.6 Å². The van der Waals surface area contributed by atoms with Gasteiger partial charge in [0.1, 0.15) is 0 Å². The molecule has 0 bridgehead atoms. The van der Waals surface area contributed by atoms with Gasteiger partial charge in [0.05, 0.1) is 12.6 Å². The van der Waals surface area contributed by atoms with Crippen LogP contribution in [0.25, 0.3) is 0 Å². The highest BCUT2D eigenvalue weighted by Crippen LogP contribution is 2.20. The number of thiophene rings is 1. The molecular formula is C16H27N3OS. The lowest BCUT2D eigenvalue weighted by molar-refractivity contribution is 0.0574. The molecule has 0 amide bonds. The third-order valence-corrected chi connectivity index (χ3v) is 4.35. The summed E-state index contributed by atoms with van der Waals surface area (Å²) in [4.78, 5) is 4.59. The highest BCUT2D eigenvalue weighted by molar-refractivity contribution is 7.07. The number of hydrogen-bond acceptors (Lipinski definition) is 3. The molecule has 1 saturated carbocycles. The molecule has 0 atom stereocenters. The minimum atomic E-state index is 0.519. The van der Waals surface area contributed by atoms with Gasteiger partial charge in [-0.05, 0) is 48.6 Å². The third kappa shape index (κ3) is 6.48. The quantitative estimate of drug-likeness (QED) is 0.440. The lowest BCUT2D eigenvalue weighted by atomic mass is 10.3. The average Bonchev–Trinajstić information content (AvgIpc) is 3.17. The molecule has 5 heteroatoms. The van der Waals surface area contributed by atoms with E-state index in [4.69, 9.17) is 4.74 Å². The van der Waals surface area contributed by atoms with Crippen molar-refractivity contribution in [3.05, 3.63) is 22.4 Å². The molecule has 2 rings (SSSR count). The van der Waals surface area contributed by atoms with Crippen LogP contribution in [0.15, 0.2) is 21.8 Å². The maximum absolute atomic E-state index is 5.86. The van der Waals surface area contributed by atoms with Crippen LogP contribution in [0.4, 0.5) is 0 Å². The Kier molecular flexibility index (Phi) is 7.60. The monoisotopic (exact) mass is 309 g/mol. The molecule has 118 valence electrons. The van der Waals surface area contributed by atoms with Gasteiger partial charge in [0.15, 0.2) is 5.96 Å². The highest BCUT2D eigenvalue weighted by Gasteiger charge is 2.14. The van der Waals surface area contributed by atoms with E-state index >= 15 is 0 Å². The molecule has 4 nitrogen and oxygen atoms in total. The van der Waals surface area contributed by atoms with Crippen LogP contribution in [0.1, 0.15) is 44.6 Å². The van der Waals surface area contributed by atoms with Gasteiger partial charge in [-0.15, -0.1) is 0 Å². The number of aliphatic imine (C=N–C) groups is 1. The Balaban J connectivity index is 1.61. The zero-order chi connectivity index (χ0) is 14.8. The Morgan fingerprint density at radius 2 is 2.24 bits per heavy atom. The summed E-state index contributed by atoms with van der Waals surface area (Å²) in [5, 5.41) is 10.9. The van der Waals surface area contributed by atoms with Crippen molar-refractivity contribution < 1.29 is 4.74 Å². The number of guanidine groups is 1. The fraction of sp³-hybridized carbons (Fsp3) is 0.688. The van der Waals surface area contributed by atoms with E-state index in [9.17, 15) is 0 Å². The zero-order valence-corrected chi connectivity index (χ0v) is 13.8. The van der Waals surface area contributed by atoms with Gasteiger partial charge >= 0.3 is 0 Å². The number of hydrogen-bond donors (Lipinski definition) is 2. The average molecular weight is 309 g/mol. The molecular weight excluding hydrogens is 282 g/mol. The molecule has 0 aromatic carbocycles. The smallest absolute Gasteiger partial charge is 0.191 e.